The summed E-state index contributed by atoms with van der Waals surface area (Å²) in [5, 5.41) is 16.7. The average molecular weight is 308 g/mol. The van der Waals surface area contributed by atoms with Crippen molar-refractivity contribution in [1.29, 1.82) is 0 Å². The highest BCUT2D eigenvalue weighted by atomic mass is 35.5. The van der Waals surface area contributed by atoms with Crippen LogP contribution in [0.1, 0.15) is 29.3 Å². The van der Waals surface area contributed by atoms with Gasteiger partial charge in [-0.25, -0.2) is 0 Å². The van der Waals surface area contributed by atoms with Crippen molar-refractivity contribution < 1.29 is 9.90 Å². The summed E-state index contributed by atoms with van der Waals surface area (Å²) >= 11 is 6.10. The summed E-state index contributed by atoms with van der Waals surface area (Å²) in [6.07, 6.45) is 3.31. The van der Waals surface area contributed by atoms with E-state index in [1.807, 2.05) is 24.3 Å². The van der Waals surface area contributed by atoms with Crippen molar-refractivity contribution in [2.45, 2.75) is 26.0 Å². The first kappa shape index (κ1) is 15.5. The molecule has 0 saturated heterocycles. The predicted molar refractivity (Wildman–Crippen MR) is 81.4 cm³/mol. The largest absolute Gasteiger partial charge is 0.393 e. The summed E-state index contributed by atoms with van der Waals surface area (Å²) in [6, 6.07) is 7.53. The molecule has 6 heteroatoms. The number of hydrogen-bond donors (Lipinski definition) is 2. The van der Waals surface area contributed by atoms with Gasteiger partial charge in [-0.3, -0.25) is 9.48 Å². The van der Waals surface area contributed by atoms with Gasteiger partial charge in [0.1, 0.15) is 0 Å². The van der Waals surface area contributed by atoms with Gasteiger partial charge in [-0.15, -0.1) is 0 Å². The number of nitrogens with one attached hydrogen (secondary N) is 1. The van der Waals surface area contributed by atoms with Crippen molar-refractivity contribution in [1.82, 2.24) is 15.1 Å². The first-order valence-electron chi connectivity index (χ1n) is 6.78. The summed E-state index contributed by atoms with van der Waals surface area (Å²) in [4.78, 5) is 11.9. The van der Waals surface area contributed by atoms with Crippen LogP contribution in [0.3, 0.4) is 0 Å². The molecule has 21 heavy (non-hydrogen) atoms. The normalized spacial score (nSPS) is 12.1. The van der Waals surface area contributed by atoms with Crippen LogP contribution in [0.5, 0.6) is 0 Å². The Labute approximate surface area is 128 Å². The highest BCUT2D eigenvalue weighted by molar-refractivity contribution is 6.31. The fourth-order valence-corrected chi connectivity index (χ4v) is 2.06. The van der Waals surface area contributed by atoms with Crippen LogP contribution >= 0.6 is 11.6 Å². The second kappa shape index (κ2) is 7.24. The Balaban J connectivity index is 1.95. The van der Waals surface area contributed by atoms with Crippen LogP contribution in [-0.4, -0.2) is 33.4 Å². The van der Waals surface area contributed by atoms with Crippen LogP contribution in [0.4, 0.5) is 0 Å². The lowest BCUT2D eigenvalue weighted by atomic mass is 10.2. The number of amides is 1. The first-order chi connectivity index (χ1) is 10.1. The number of carbonyl (C=O) groups excluding carboxylic acids is 1. The number of aliphatic hydroxyl groups is 1. The minimum atomic E-state index is -0.423. The lowest BCUT2D eigenvalue weighted by Crippen LogP contribution is -2.26. The van der Waals surface area contributed by atoms with Crippen molar-refractivity contribution in [3.8, 4) is 0 Å². The zero-order chi connectivity index (χ0) is 15.2. The van der Waals surface area contributed by atoms with Crippen molar-refractivity contribution in [2.24, 2.45) is 0 Å². The Bertz CT molecular complexity index is 610. The molecule has 0 saturated carbocycles. The van der Waals surface area contributed by atoms with Crippen LogP contribution < -0.4 is 5.32 Å². The van der Waals surface area contributed by atoms with E-state index in [0.717, 1.165) is 5.56 Å². The topological polar surface area (TPSA) is 67.2 Å². The summed E-state index contributed by atoms with van der Waals surface area (Å²) in [7, 11) is 0. The van der Waals surface area contributed by atoms with Crippen LogP contribution in [0.25, 0.3) is 0 Å². The maximum atomic E-state index is 11.9. The van der Waals surface area contributed by atoms with Gasteiger partial charge in [0, 0.05) is 17.8 Å². The highest BCUT2D eigenvalue weighted by Gasteiger charge is 2.09. The van der Waals surface area contributed by atoms with E-state index < -0.39 is 6.10 Å². The van der Waals surface area contributed by atoms with Crippen LogP contribution in [0.15, 0.2) is 36.7 Å². The summed E-state index contributed by atoms with van der Waals surface area (Å²) in [5.41, 5.74) is 1.44. The zero-order valence-corrected chi connectivity index (χ0v) is 12.5. The van der Waals surface area contributed by atoms with Crippen molar-refractivity contribution >= 4 is 17.5 Å². The molecular formula is C15H18ClN3O2. The van der Waals surface area contributed by atoms with Gasteiger partial charge >= 0.3 is 0 Å². The Morgan fingerprint density at radius 1 is 1.48 bits per heavy atom. The van der Waals surface area contributed by atoms with Crippen molar-refractivity contribution in [2.75, 3.05) is 6.54 Å². The SMILES string of the molecule is CC(O)CCNC(=O)c1cnn(Cc2ccccc2Cl)c1. The molecule has 2 aromatic rings. The molecule has 5 nitrogen and oxygen atoms in total. The van der Waals surface area contributed by atoms with E-state index in [4.69, 9.17) is 16.7 Å². The number of aliphatic hydroxyl groups excluding tert-OH is 1. The molecule has 0 fully saturated rings. The monoisotopic (exact) mass is 307 g/mol. The number of hydrogen-bond acceptors (Lipinski definition) is 3. The molecule has 2 N–H and O–H groups in total. The molecular weight excluding hydrogens is 290 g/mol. The van der Waals surface area contributed by atoms with Gasteiger partial charge in [0.2, 0.25) is 0 Å². The molecule has 1 amide bonds. The Hall–Kier alpha value is -1.85. The zero-order valence-electron chi connectivity index (χ0n) is 11.8. The molecule has 2 rings (SSSR count). The minimum absolute atomic E-state index is 0.193. The molecule has 1 aromatic carbocycles. The fraction of sp³-hybridized carbons (Fsp3) is 0.333. The van der Waals surface area contributed by atoms with E-state index in [1.54, 1.807) is 17.8 Å². The van der Waals surface area contributed by atoms with Gasteiger partial charge < -0.3 is 10.4 Å². The Morgan fingerprint density at radius 2 is 2.24 bits per heavy atom. The molecule has 0 radical (unpaired) electrons. The van der Waals surface area contributed by atoms with E-state index in [-0.39, 0.29) is 5.91 Å². The molecule has 0 bridgehead atoms. The van der Waals surface area contributed by atoms with E-state index in [9.17, 15) is 4.79 Å². The van der Waals surface area contributed by atoms with Gasteiger partial charge in [0.05, 0.1) is 24.4 Å². The van der Waals surface area contributed by atoms with Gasteiger partial charge in [-0.2, -0.15) is 5.10 Å². The molecule has 0 aliphatic carbocycles. The highest BCUT2D eigenvalue weighted by Crippen LogP contribution is 2.16. The second-order valence-electron chi connectivity index (χ2n) is 4.91. The van der Waals surface area contributed by atoms with Crippen LogP contribution in [0, 0.1) is 0 Å². The third-order valence-electron chi connectivity index (χ3n) is 3.03. The number of benzene rings is 1. The predicted octanol–water partition coefficient (Wildman–Crippen LogP) is 2.09. The van der Waals surface area contributed by atoms with Gasteiger partial charge in [0.25, 0.3) is 5.91 Å². The number of rotatable bonds is 6. The summed E-state index contributed by atoms with van der Waals surface area (Å²) in [6.45, 7) is 2.64. The number of aromatic nitrogens is 2. The minimum Gasteiger partial charge on any atom is -0.393 e. The standard InChI is InChI=1S/C15H18ClN3O2/c1-11(20)6-7-17-15(21)13-8-18-19(10-13)9-12-4-2-3-5-14(12)16/h2-5,8,10-11,20H,6-7,9H2,1H3,(H,17,21). The quantitative estimate of drug-likeness (QED) is 0.858. The molecule has 1 atom stereocenters. The van der Waals surface area contributed by atoms with E-state index in [2.05, 4.69) is 10.4 Å². The van der Waals surface area contributed by atoms with Crippen molar-refractivity contribution in [3.05, 3.63) is 52.8 Å². The Morgan fingerprint density at radius 3 is 2.95 bits per heavy atom. The molecule has 112 valence electrons. The van der Waals surface area contributed by atoms with Gasteiger partial charge in [-0.1, -0.05) is 29.8 Å². The Kier molecular flexibility index (Phi) is 5.36. The number of nitrogens with zero attached hydrogens (tertiary/aromatic N) is 2. The molecule has 1 aromatic heterocycles. The van der Waals surface area contributed by atoms with Crippen LogP contribution in [-0.2, 0) is 6.54 Å². The van der Waals surface area contributed by atoms with Crippen molar-refractivity contribution in [3.63, 3.8) is 0 Å². The van der Waals surface area contributed by atoms with E-state index in [0.29, 0.717) is 30.1 Å². The number of halogens is 1. The van der Waals surface area contributed by atoms with Gasteiger partial charge in [-0.05, 0) is 25.0 Å². The summed E-state index contributed by atoms with van der Waals surface area (Å²) in [5.74, 6) is -0.193. The van der Waals surface area contributed by atoms with E-state index in [1.165, 1.54) is 6.20 Å². The second-order valence-corrected chi connectivity index (χ2v) is 5.32. The lowest BCUT2D eigenvalue weighted by Gasteiger charge is -2.05. The molecule has 1 heterocycles. The first-order valence-corrected chi connectivity index (χ1v) is 7.16. The molecule has 0 spiro atoms. The van der Waals surface area contributed by atoms with Gasteiger partial charge in [0.15, 0.2) is 0 Å². The summed E-state index contributed by atoms with van der Waals surface area (Å²) < 4.78 is 1.67. The van der Waals surface area contributed by atoms with E-state index >= 15 is 0 Å². The van der Waals surface area contributed by atoms with Crippen LogP contribution in [0.2, 0.25) is 5.02 Å². The smallest absolute Gasteiger partial charge is 0.254 e. The molecule has 1 unspecified atom stereocenters. The third-order valence-corrected chi connectivity index (χ3v) is 3.40. The third kappa shape index (κ3) is 4.58. The maximum Gasteiger partial charge on any atom is 0.254 e. The fourth-order valence-electron chi connectivity index (χ4n) is 1.87. The lowest BCUT2D eigenvalue weighted by molar-refractivity contribution is 0.0945. The molecule has 0 aliphatic heterocycles. The average Bonchev–Trinajstić information content (AvgIpc) is 2.89. The number of carbonyl (C=O) groups is 1. The molecule has 0 aliphatic rings. The maximum absolute atomic E-state index is 11.9.